The first kappa shape index (κ1) is 13.7. The van der Waals surface area contributed by atoms with Gasteiger partial charge in [-0.05, 0) is 6.92 Å². The highest BCUT2D eigenvalue weighted by molar-refractivity contribution is 5.48. The number of hydrogen-bond donors (Lipinski definition) is 2. The van der Waals surface area contributed by atoms with E-state index in [1.54, 1.807) is 11.1 Å². The molecule has 1 rings (SSSR count). The molecule has 0 aliphatic rings. The van der Waals surface area contributed by atoms with Gasteiger partial charge in [0.15, 0.2) is 0 Å². The molecule has 1 aromatic heterocycles. The average molecular weight is 240 g/mol. The van der Waals surface area contributed by atoms with Crippen molar-refractivity contribution in [2.45, 2.75) is 6.92 Å². The third kappa shape index (κ3) is 3.54. The van der Waals surface area contributed by atoms with Crippen LogP contribution in [0.3, 0.4) is 0 Å². The molecule has 6 heteroatoms. The maximum atomic E-state index is 8.92. The average Bonchev–Trinajstić information content (AvgIpc) is 2.30. The molecule has 0 spiro atoms. The number of hydrogen-bond acceptors (Lipinski definition) is 6. The number of nitrogens with zero attached hydrogens (tertiary/aromatic N) is 4. The number of aromatic nitrogens is 2. The molecule has 0 radical (unpaired) electrons. The highest BCUT2D eigenvalue weighted by Gasteiger charge is 2.10. The summed E-state index contributed by atoms with van der Waals surface area (Å²) >= 11 is 0. The summed E-state index contributed by atoms with van der Waals surface area (Å²) < 4.78 is 0. The first-order chi connectivity index (χ1) is 8.10. The summed E-state index contributed by atoms with van der Waals surface area (Å²) in [6.45, 7) is 3.10. The maximum Gasteiger partial charge on any atom is 0.227 e. The van der Waals surface area contributed by atoms with Gasteiger partial charge in [0.25, 0.3) is 0 Å². The molecule has 1 heterocycles. The summed E-state index contributed by atoms with van der Waals surface area (Å²) in [6, 6.07) is 0. The first-order valence-corrected chi connectivity index (χ1v) is 5.57. The molecule has 0 aliphatic carbocycles. The molecule has 1 aromatic rings. The van der Waals surface area contributed by atoms with Crippen LogP contribution in [-0.2, 0) is 0 Å². The fourth-order valence-corrected chi connectivity index (χ4v) is 1.50. The summed E-state index contributed by atoms with van der Waals surface area (Å²) in [5.41, 5.74) is 0.960. The molecule has 2 N–H and O–H groups in total. The first-order valence-electron chi connectivity index (χ1n) is 5.57. The smallest absolute Gasteiger partial charge is 0.227 e. The van der Waals surface area contributed by atoms with Gasteiger partial charge in [-0.15, -0.1) is 0 Å². The van der Waals surface area contributed by atoms with E-state index in [4.69, 9.17) is 10.2 Å². The summed E-state index contributed by atoms with van der Waals surface area (Å²) in [7, 11) is 3.71. The van der Waals surface area contributed by atoms with Crippen molar-refractivity contribution >= 4 is 11.8 Å². The van der Waals surface area contributed by atoms with Crippen molar-refractivity contribution in [2.24, 2.45) is 0 Å². The Balaban J connectivity index is 2.93. The number of likely N-dealkylation sites (N-methyl/N-ethyl adjacent to an activating group) is 2. The Morgan fingerprint density at radius 3 is 2.29 bits per heavy atom. The molecule has 0 amide bonds. The van der Waals surface area contributed by atoms with Crippen LogP contribution in [0.4, 0.5) is 11.8 Å². The molecule has 0 saturated heterocycles. The van der Waals surface area contributed by atoms with Crippen molar-refractivity contribution in [2.75, 3.05) is 50.2 Å². The van der Waals surface area contributed by atoms with E-state index in [1.807, 2.05) is 25.9 Å². The quantitative estimate of drug-likeness (QED) is 0.707. The van der Waals surface area contributed by atoms with Gasteiger partial charge in [-0.3, -0.25) is 0 Å². The molecule has 0 aromatic carbocycles. The molecule has 96 valence electrons. The minimum atomic E-state index is 0.0650. The summed E-state index contributed by atoms with van der Waals surface area (Å²) in [6.07, 6.45) is 1.75. The topological polar surface area (TPSA) is 72.7 Å². The largest absolute Gasteiger partial charge is 0.395 e. The van der Waals surface area contributed by atoms with Crippen LogP contribution in [0.25, 0.3) is 0 Å². The van der Waals surface area contributed by atoms with Gasteiger partial charge in [-0.25, -0.2) is 4.98 Å². The monoisotopic (exact) mass is 240 g/mol. The molecule has 17 heavy (non-hydrogen) atoms. The van der Waals surface area contributed by atoms with Crippen molar-refractivity contribution < 1.29 is 10.2 Å². The Labute approximate surface area is 102 Å². The van der Waals surface area contributed by atoms with Gasteiger partial charge in [0.2, 0.25) is 5.95 Å². The highest BCUT2D eigenvalue weighted by atomic mass is 16.3. The summed E-state index contributed by atoms with van der Waals surface area (Å²) in [5.74, 6) is 1.37. The van der Waals surface area contributed by atoms with E-state index in [0.717, 1.165) is 11.4 Å². The van der Waals surface area contributed by atoms with E-state index in [-0.39, 0.29) is 13.2 Å². The molecule has 0 atom stereocenters. The van der Waals surface area contributed by atoms with E-state index in [0.29, 0.717) is 19.0 Å². The van der Waals surface area contributed by atoms with Crippen LogP contribution in [0, 0.1) is 6.92 Å². The van der Waals surface area contributed by atoms with Crippen LogP contribution in [0.15, 0.2) is 6.20 Å². The van der Waals surface area contributed by atoms with Gasteiger partial charge < -0.3 is 20.0 Å². The van der Waals surface area contributed by atoms with Crippen LogP contribution in [-0.4, -0.2) is 60.6 Å². The lowest BCUT2D eigenvalue weighted by Crippen LogP contribution is -2.27. The van der Waals surface area contributed by atoms with Crippen LogP contribution in [0.1, 0.15) is 5.56 Å². The van der Waals surface area contributed by atoms with Crippen LogP contribution in [0.5, 0.6) is 0 Å². The second-order valence-electron chi connectivity index (χ2n) is 3.97. The van der Waals surface area contributed by atoms with Crippen molar-refractivity contribution in [1.82, 2.24) is 9.97 Å². The number of aliphatic hydroxyl groups is 2. The normalized spacial score (nSPS) is 10.4. The predicted molar refractivity (Wildman–Crippen MR) is 67.5 cm³/mol. The van der Waals surface area contributed by atoms with Gasteiger partial charge in [0.1, 0.15) is 5.82 Å². The van der Waals surface area contributed by atoms with Crippen molar-refractivity contribution in [3.8, 4) is 0 Å². The molecule has 0 saturated carbocycles. The number of rotatable bonds is 6. The third-order valence-corrected chi connectivity index (χ3v) is 2.51. The number of anilines is 2. The zero-order valence-electron chi connectivity index (χ0n) is 10.6. The second-order valence-corrected chi connectivity index (χ2v) is 3.97. The van der Waals surface area contributed by atoms with Crippen molar-refractivity contribution in [1.29, 1.82) is 0 Å². The van der Waals surface area contributed by atoms with Crippen molar-refractivity contribution in [3.05, 3.63) is 11.8 Å². The maximum absolute atomic E-state index is 8.92. The van der Waals surface area contributed by atoms with Gasteiger partial charge in [-0.1, -0.05) is 0 Å². The molecular weight excluding hydrogens is 220 g/mol. The molecule has 0 fully saturated rings. The highest BCUT2D eigenvalue weighted by Crippen LogP contribution is 2.17. The van der Waals surface area contributed by atoms with Crippen LogP contribution >= 0.6 is 0 Å². The molecule has 0 bridgehead atoms. The number of aliphatic hydroxyl groups excluding tert-OH is 2. The fourth-order valence-electron chi connectivity index (χ4n) is 1.50. The van der Waals surface area contributed by atoms with E-state index < -0.39 is 0 Å². The lowest BCUT2D eigenvalue weighted by atomic mass is 10.3. The lowest BCUT2D eigenvalue weighted by molar-refractivity contribution is 0.303. The zero-order chi connectivity index (χ0) is 12.8. The van der Waals surface area contributed by atoms with E-state index in [2.05, 4.69) is 9.97 Å². The predicted octanol–water partition coefficient (Wildman–Crippen LogP) is -0.358. The summed E-state index contributed by atoms with van der Waals surface area (Å²) in [5, 5.41) is 17.8. The van der Waals surface area contributed by atoms with Gasteiger partial charge in [-0.2, -0.15) is 4.98 Å². The second kappa shape index (κ2) is 6.36. The fraction of sp³-hybridized carbons (Fsp3) is 0.636. The Morgan fingerprint density at radius 1 is 1.12 bits per heavy atom. The molecule has 0 unspecified atom stereocenters. The van der Waals surface area contributed by atoms with Crippen LogP contribution < -0.4 is 9.80 Å². The Morgan fingerprint density at radius 2 is 1.71 bits per heavy atom. The summed E-state index contributed by atoms with van der Waals surface area (Å²) in [4.78, 5) is 12.3. The molecular formula is C11H20N4O2. The standard InChI is InChI=1S/C11H20N4O2/c1-9-8-12-11(15(3)5-7-17)13-10(9)14(2)4-6-16/h8,16-17H,4-7H2,1-3H3. The van der Waals surface area contributed by atoms with E-state index in [9.17, 15) is 0 Å². The minimum absolute atomic E-state index is 0.0650. The molecule has 0 aliphatic heterocycles. The Bertz CT molecular complexity index is 359. The van der Waals surface area contributed by atoms with Crippen molar-refractivity contribution in [3.63, 3.8) is 0 Å². The van der Waals surface area contributed by atoms with E-state index in [1.165, 1.54) is 0 Å². The van der Waals surface area contributed by atoms with Crippen LogP contribution in [0.2, 0.25) is 0 Å². The SMILES string of the molecule is Cc1cnc(N(C)CCO)nc1N(C)CCO. The number of aryl methyl sites for hydroxylation is 1. The molecule has 6 nitrogen and oxygen atoms in total. The third-order valence-electron chi connectivity index (χ3n) is 2.51. The zero-order valence-corrected chi connectivity index (χ0v) is 10.6. The Kier molecular flexibility index (Phi) is 5.11. The van der Waals surface area contributed by atoms with E-state index >= 15 is 0 Å². The Hall–Kier alpha value is -1.40. The van der Waals surface area contributed by atoms with Gasteiger partial charge in [0, 0.05) is 38.9 Å². The minimum Gasteiger partial charge on any atom is -0.395 e. The lowest BCUT2D eigenvalue weighted by Gasteiger charge is -2.22. The van der Waals surface area contributed by atoms with Gasteiger partial charge >= 0.3 is 0 Å². The van der Waals surface area contributed by atoms with Gasteiger partial charge in [0.05, 0.1) is 13.2 Å².